The highest BCUT2D eigenvalue weighted by Crippen LogP contribution is 1.88. The smallest absolute Gasteiger partial charge is 0.276 e. The predicted molar refractivity (Wildman–Crippen MR) is 48.8 cm³/mol. The molecule has 0 saturated heterocycles. The Bertz CT molecular complexity index is 203. The Hall–Kier alpha value is -0.170. The molecule has 0 amide bonds. The highest BCUT2D eigenvalue weighted by molar-refractivity contribution is 7.87. The topological polar surface area (TPSA) is 84.2 Å². The molecule has 6 heteroatoms. The van der Waals surface area contributed by atoms with Crippen LogP contribution in [-0.2, 0) is 10.2 Å². The van der Waals surface area contributed by atoms with E-state index in [9.17, 15) is 8.42 Å². The molecule has 0 aromatic heterocycles. The van der Waals surface area contributed by atoms with Crippen LogP contribution in [-0.4, -0.2) is 28.1 Å². The largest absolute Gasteiger partial charge is 0.330 e. The summed E-state index contributed by atoms with van der Waals surface area (Å²) >= 11 is 0. The summed E-state index contributed by atoms with van der Waals surface area (Å²) < 4.78 is 26.7. The van der Waals surface area contributed by atoms with E-state index in [1.54, 1.807) is 6.92 Å². The molecule has 0 bridgehead atoms. The lowest BCUT2D eigenvalue weighted by Gasteiger charge is -2.10. The Morgan fingerprint density at radius 3 is 2.42 bits per heavy atom. The van der Waals surface area contributed by atoms with Gasteiger partial charge in [-0.2, -0.15) is 8.42 Å². The first-order valence-corrected chi connectivity index (χ1v) is 5.44. The third-order valence-corrected chi connectivity index (χ3v) is 2.57. The normalized spacial score (nSPS) is 14.6. The maximum absolute atomic E-state index is 11.0. The van der Waals surface area contributed by atoms with Crippen molar-refractivity contribution < 1.29 is 8.42 Å². The van der Waals surface area contributed by atoms with Crippen molar-refractivity contribution in [2.24, 2.45) is 11.7 Å². The average Bonchev–Trinajstić information content (AvgIpc) is 2.00. The number of hydrogen-bond donors (Lipinski definition) is 3. The third kappa shape index (κ3) is 5.48. The lowest BCUT2D eigenvalue weighted by Crippen LogP contribution is -2.39. The van der Waals surface area contributed by atoms with Crippen LogP contribution in [0.1, 0.15) is 13.8 Å². The van der Waals surface area contributed by atoms with Crippen LogP contribution < -0.4 is 15.2 Å². The molecule has 5 nitrogen and oxygen atoms in total. The summed E-state index contributed by atoms with van der Waals surface area (Å²) in [5.74, 6) is 0.165. The molecule has 1 unspecified atom stereocenters. The van der Waals surface area contributed by atoms with Crippen molar-refractivity contribution in [1.29, 1.82) is 0 Å². The van der Waals surface area contributed by atoms with Crippen LogP contribution in [0.3, 0.4) is 0 Å². The van der Waals surface area contributed by atoms with Gasteiger partial charge in [0, 0.05) is 13.1 Å². The van der Waals surface area contributed by atoms with E-state index in [4.69, 9.17) is 5.73 Å². The molecule has 0 aromatic rings. The molecule has 0 aromatic carbocycles. The molecule has 0 radical (unpaired) electrons. The second-order valence-corrected chi connectivity index (χ2v) is 4.27. The molecule has 1 atom stereocenters. The standard InChI is InChI=1S/C6H17N3O2S/c1-3-8-12(10,11)9-5-6(2)4-7/h6,8-9H,3-5,7H2,1-2H3. The Morgan fingerprint density at radius 1 is 1.42 bits per heavy atom. The first kappa shape index (κ1) is 11.8. The quantitative estimate of drug-likeness (QED) is 0.509. The molecule has 12 heavy (non-hydrogen) atoms. The van der Waals surface area contributed by atoms with Crippen molar-refractivity contribution in [3.8, 4) is 0 Å². The molecule has 0 heterocycles. The maximum Gasteiger partial charge on any atom is 0.276 e. The zero-order valence-corrected chi connectivity index (χ0v) is 8.32. The summed E-state index contributed by atoms with van der Waals surface area (Å²) in [5, 5.41) is 0. The molecule has 0 aliphatic heterocycles. The van der Waals surface area contributed by atoms with Crippen LogP contribution in [0.5, 0.6) is 0 Å². The van der Waals surface area contributed by atoms with E-state index >= 15 is 0 Å². The average molecular weight is 195 g/mol. The van der Waals surface area contributed by atoms with E-state index in [1.165, 1.54) is 0 Å². The molecular formula is C6H17N3O2S. The molecule has 0 aliphatic rings. The molecule has 0 saturated carbocycles. The second-order valence-electron chi connectivity index (χ2n) is 2.69. The van der Waals surface area contributed by atoms with Crippen LogP contribution in [0, 0.1) is 5.92 Å². The van der Waals surface area contributed by atoms with Crippen LogP contribution in [0.4, 0.5) is 0 Å². The zero-order valence-electron chi connectivity index (χ0n) is 7.50. The minimum atomic E-state index is -3.29. The van der Waals surface area contributed by atoms with Gasteiger partial charge in [-0.1, -0.05) is 13.8 Å². The van der Waals surface area contributed by atoms with Crippen LogP contribution in [0.2, 0.25) is 0 Å². The zero-order chi connectivity index (χ0) is 9.61. The lowest BCUT2D eigenvalue weighted by atomic mass is 10.2. The van der Waals surface area contributed by atoms with Gasteiger partial charge in [-0.3, -0.25) is 0 Å². The summed E-state index contributed by atoms with van der Waals surface area (Å²) in [4.78, 5) is 0. The Balaban J connectivity index is 3.76. The minimum Gasteiger partial charge on any atom is -0.330 e. The van der Waals surface area contributed by atoms with Crippen molar-refractivity contribution in [3.63, 3.8) is 0 Å². The monoisotopic (exact) mass is 195 g/mol. The van der Waals surface area contributed by atoms with Crippen molar-refractivity contribution in [3.05, 3.63) is 0 Å². The van der Waals surface area contributed by atoms with Gasteiger partial charge in [-0.05, 0) is 12.5 Å². The van der Waals surface area contributed by atoms with Gasteiger partial charge in [0.2, 0.25) is 0 Å². The number of nitrogens with one attached hydrogen (secondary N) is 2. The summed E-state index contributed by atoms with van der Waals surface area (Å²) in [6.45, 7) is 4.87. The summed E-state index contributed by atoms with van der Waals surface area (Å²) in [5.41, 5.74) is 5.32. The van der Waals surface area contributed by atoms with E-state index in [1.807, 2.05) is 6.92 Å². The summed E-state index contributed by atoms with van der Waals surface area (Å²) in [6, 6.07) is 0. The van der Waals surface area contributed by atoms with E-state index in [-0.39, 0.29) is 5.92 Å². The molecule has 0 aliphatic carbocycles. The van der Waals surface area contributed by atoms with E-state index in [0.29, 0.717) is 19.6 Å². The predicted octanol–water partition coefficient (Wildman–Crippen LogP) is -0.975. The van der Waals surface area contributed by atoms with Crippen molar-refractivity contribution in [2.75, 3.05) is 19.6 Å². The first-order chi connectivity index (χ1) is 5.52. The molecular weight excluding hydrogens is 178 g/mol. The van der Waals surface area contributed by atoms with Gasteiger partial charge in [0.25, 0.3) is 10.2 Å². The molecule has 0 rings (SSSR count). The van der Waals surface area contributed by atoms with Gasteiger partial charge in [0.1, 0.15) is 0 Å². The Labute approximate surface area is 73.9 Å². The van der Waals surface area contributed by atoms with E-state index in [2.05, 4.69) is 9.44 Å². The lowest BCUT2D eigenvalue weighted by molar-refractivity contribution is 0.536. The van der Waals surface area contributed by atoms with Gasteiger partial charge < -0.3 is 5.73 Å². The second kappa shape index (κ2) is 5.47. The highest BCUT2D eigenvalue weighted by Gasteiger charge is 2.08. The number of rotatable bonds is 6. The molecule has 4 N–H and O–H groups in total. The molecule has 0 spiro atoms. The van der Waals surface area contributed by atoms with Crippen LogP contribution in [0.15, 0.2) is 0 Å². The van der Waals surface area contributed by atoms with Gasteiger partial charge in [0.05, 0.1) is 0 Å². The van der Waals surface area contributed by atoms with Crippen molar-refractivity contribution >= 4 is 10.2 Å². The van der Waals surface area contributed by atoms with Gasteiger partial charge in [-0.25, -0.2) is 9.44 Å². The first-order valence-electron chi connectivity index (χ1n) is 3.96. The van der Waals surface area contributed by atoms with Crippen molar-refractivity contribution in [1.82, 2.24) is 9.44 Å². The van der Waals surface area contributed by atoms with Crippen molar-refractivity contribution in [2.45, 2.75) is 13.8 Å². The minimum absolute atomic E-state index is 0.165. The van der Waals surface area contributed by atoms with Crippen LogP contribution >= 0.6 is 0 Å². The Kier molecular flexibility index (Phi) is 5.39. The fourth-order valence-electron chi connectivity index (χ4n) is 0.576. The summed E-state index contributed by atoms with van der Waals surface area (Å²) in [7, 11) is -3.29. The molecule has 74 valence electrons. The maximum atomic E-state index is 11.0. The number of nitrogens with two attached hydrogens (primary N) is 1. The SMILES string of the molecule is CCNS(=O)(=O)NCC(C)CN. The highest BCUT2D eigenvalue weighted by atomic mass is 32.2. The van der Waals surface area contributed by atoms with E-state index in [0.717, 1.165) is 0 Å². The van der Waals surface area contributed by atoms with Gasteiger partial charge in [0.15, 0.2) is 0 Å². The van der Waals surface area contributed by atoms with Gasteiger partial charge in [-0.15, -0.1) is 0 Å². The molecule has 0 fully saturated rings. The third-order valence-electron chi connectivity index (χ3n) is 1.36. The Morgan fingerprint density at radius 2 is 2.00 bits per heavy atom. The van der Waals surface area contributed by atoms with Crippen LogP contribution in [0.25, 0.3) is 0 Å². The summed E-state index contributed by atoms with van der Waals surface area (Å²) in [6.07, 6.45) is 0. The van der Waals surface area contributed by atoms with E-state index < -0.39 is 10.2 Å². The number of hydrogen-bond acceptors (Lipinski definition) is 3. The fraction of sp³-hybridized carbons (Fsp3) is 1.00. The van der Waals surface area contributed by atoms with Gasteiger partial charge >= 0.3 is 0 Å². The fourth-order valence-corrected chi connectivity index (χ4v) is 1.56.